The van der Waals surface area contributed by atoms with Gasteiger partial charge in [-0.05, 0) is 41.5 Å². The molecular weight excluding hydrogens is 336 g/mol. The van der Waals surface area contributed by atoms with Gasteiger partial charge in [-0.1, -0.05) is 48.5 Å². The fraction of sp³-hybridized carbons (Fsp3) is 0.130. The van der Waals surface area contributed by atoms with Gasteiger partial charge in [0.25, 0.3) is 5.91 Å². The van der Waals surface area contributed by atoms with Gasteiger partial charge in [0.05, 0.1) is 7.11 Å². The number of pyridine rings is 1. The maximum atomic E-state index is 12.9. The number of nitrogens with one attached hydrogen (secondary N) is 1. The molecule has 0 spiro atoms. The molecule has 0 bridgehead atoms. The lowest BCUT2D eigenvalue weighted by Gasteiger charge is -2.10. The number of nitrogens with zero attached hydrogens (tertiary/aromatic N) is 1. The first-order valence-corrected chi connectivity index (χ1v) is 8.85. The smallest absolute Gasteiger partial charge is 0.251 e. The molecule has 0 unspecified atom stereocenters. The zero-order valence-corrected chi connectivity index (χ0v) is 15.3. The van der Waals surface area contributed by atoms with E-state index in [1.54, 1.807) is 13.3 Å². The summed E-state index contributed by atoms with van der Waals surface area (Å²) in [5.74, 6) is 0.645. The van der Waals surface area contributed by atoms with Crippen molar-refractivity contribution in [3.8, 4) is 5.75 Å². The number of amides is 1. The lowest BCUT2D eigenvalue weighted by molar-refractivity contribution is -0.115. The van der Waals surface area contributed by atoms with Crippen molar-refractivity contribution in [3.63, 3.8) is 0 Å². The van der Waals surface area contributed by atoms with Crippen LogP contribution in [0.3, 0.4) is 0 Å². The van der Waals surface area contributed by atoms with Gasteiger partial charge >= 0.3 is 0 Å². The molecule has 0 fully saturated rings. The number of carbonyl (C=O) groups is 1. The molecule has 3 rings (SSSR count). The fourth-order valence-corrected chi connectivity index (χ4v) is 2.74. The normalized spacial score (nSPS) is 11.1. The Morgan fingerprint density at radius 2 is 1.85 bits per heavy atom. The monoisotopic (exact) mass is 358 g/mol. The van der Waals surface area contributed by atoms with Crippen molar-refractivity contribution in [2.24, 2.45) is 0 Å². The van der Waals surface area contributed by atoms with E-state index in [-0.39, 0.29) is 5.91 Å². The van der Waals surface area contributed by atoms with E-state index in [9.17, 15) is 4.79 Å². The largest absolute Gasteiger partial charge is 0.497 e. The van der Waals surface area contributed by atoms with Crippen molar-refractivity contribution in [2.45, 2.75) is 6.42 Å². The van der Waals surface area contributed by atoms with Crippen LogP contribution in [0.2, 0.25) is 0 Å². The van der Waals surface area contributed by atoms with Crippen LogP contribution < -0.4 is 10.1 Å². The molecule has 1 N–H and O–H groups in total. The first-order valence-electron chi connectivity index (χ1n) is 8.85. The molecular formula is C23H22N2O2. The minimum Gasteiger partial charge on any atom is -0.497 e. The summed E-state index contributed by atoms with van der Waals surface area (Å²) >= 11 is 0. The second-order valence-electron chi connectivity index (χ2n) is 6.03. The average molecular weight is 358 g/mol. The van der Waals surface area contributed by atoms with Crippen molar-refractivity contribution in [2.75, 3.05) is 13.7 Å². The van der Waals surface area contributed by atoms with Crippen molar-refractivity contribution in [1.82, 2.24) is 10.3 Å². The van der Waals surface area contributed by atoms with E-state index in [0.29, 0.717) is 18.5 Å². The van der Waals surface area contributed by atoms with E-state index in [2.05, 4.69) is 10.3 Å². The van der Waals surface area contributed by atoms with Crippen molar-refractivity contribution < 1.29 is 9.53 Å². The lowest BCUT2D eigenvalue weighted by Crippen LogP contribution is -2.26. The Morgan fingerprint density at radius 3 is 2.59 bits per heavy atom. The van der Waals surface area contributed by atoms with Gasteiger partial charge < -0.3 is 10.1 Å². The number of benzene rings is 2. The fourth-order valence-electron chi connectivity index (χ4n) is 2.74. The molecule has 0 saturated carbocycles. The van der Waals surface area contributed by atoms with Crippen LogP contribution in [0.5, 0.6) is 5.75 Å². The van der Waals surface area contributed by atoms with Crippen molar-refractivity contribution >= 4 is 17.6 Å². The number of ether oxygens (including phenoxy) is 1. The number of methoxy groups -OCH3 is 1. The third-order valence-corrected chi connectivity index (χ3v) is 4.13. The average Bonchev–Trinajstić information content (AvgIpc) is 2.73. The Kier molecular flexibility index (Phi) is 6.36. The van der Waals surface area contributed by atoms with Gasteiger partial charge in [0.2, 0.25) is 0 Å². The number of carbonyl (C=O) groups excluding carboxylic acids is 1. The third kappa shape index (κ3) is 5.28. The van der Waals surface area contributed by atoms with Crippen LogP contribution in [-0.2, 0) is 11.2 Å². The van der Waals surface area contributed by atoms with Crippen LogP contribution in [0.15, 0.2) is 79.0 Å². The molecule has 2 aromatic carbocycles. The molecule has 0 saturated heterocycles. The molecule has 0 aliphatic rings. The Morgan fingerprint density at radius 1 is 1.04 bits per heavy atom. The molecule has 4 heteroatoms. The summed E-state index contributed by atoms with van der Waals surface area (Å²) in [6.07, 6.45) is 4.33. The van der Waals surface area contributed by atoms with Crippen LogP contribution in [0.25, 0.3) is 11.6 Å². The number of aromatic nitrogens is 1. The molecule has 27 heavy (non-hydrogen) atoms. The Labute approximate surface area is 159 Å². The standard InChI is InChI=1S/C23H22N2O2/c1-27-21-12-7-8-18(16-21)17-22(19-9-3-2-4-10-19)23(26)25-15-13-20-11-5-6-14-24-20/h2-12,14,16-17H,13,15H2,1H3,(H,25,26)/b22-17+. The van der Waals surface area contributed by atoms with Crippen LogP contribution in [-0.4, -0.2) is 24.5 Å². The summed E-state index contributed by atoms with van der Waals surface area (Å²) in [4.78, 5) is 17.1. The van der Waals surface area contributed by atoms with E-state index in [1.165, 1.54) is 0 Å². The molecule has 1 heterocycles. The van der Waals surface area contributed by atoms with Gasteiger partial charge in [0.1, 0.15) is 5.75 Å². The number of hydrogen-bond acceptors (Lipinski definition) is 3. The topological polar surface area (TPSA) is 51.2 Å². The summed E-state index contributed by atoms with van der Waals surface area (Å²) in [7, 11) is 1.63. The zero-order valence-electron chi connectivity index (χ0n) is 15.3. The Bertz CT molecular complexity index is 906. The van der Waals surface area contributed by atoms with Gasteiger partial charge in [0, 0.05) is 30.4 Å². The Hall–Kier alpha value is -3.40. The molecule has 1 amide bonds. The van der Waals surface area contributed by atoms with Crippen LogP contribution >= 0.6 is 0 Å². The highest BCUT2D eigenvalue weighted by Crippen LogP contribution is 2.21. The molecule has 136 valence electrons. The quantitative estimate of drug-likeness (QED) is 0.513. The highest BCUT2D eigenvalue weighted by Gasteiger charge is 2.12. The van der Waals surface area contributed by atoms with Crippen molar-refractivity contribution in [1.29, 1.82) is 0 Å². The van der Waals surface area contributed by atoms with Gasteiger partial charge in [-0.15, -0.1) is 0 Å². The van der Waals surface area contributed by atoms with Gasteiger partial charge in [0.15, 0.2) is 0 Å². The summed E-state index contributed by atoms with van der Waals surface area (Å²) in [5.41, 5.74) is 3.35. The molecule has 1 aromatic heterocycles. The summed E-state index contributed by atoms with van der Waals surface area (Å²) in [6.45, 7) is 0.526. The maximum Gasteiger partial charge on any atom is 0.251 e. The molecule has 0 aliphatic heterocycles. The number of rotatable bonds is 7. The van der Waals surface area contributed by atoms with E-state index < -0.39 is 0 Å². The van der Waals surface area contributed by atoms with Gasteiger partial charge in [-0.2, -0.15) is 0 Å². The minimum atomic E-state index is -0.111. The second kappa shape index (κ2) is 9.34. The molecule has 0 aliphatic carbocycles. The minimum absolute atomic E-state index is 0.111. The van der Waals surface area contributed by atoms with Crippen molar-refractivity contribution in [3.05, 3.63) is 95.8 Å². The summed E-state index contributed by atoms with van der Waals surface area (Å²) in [6, 6.07) is 23.1. The van der Waals surface area contributed by atoms with Crippen LogP contribution in [0.1, 0.15) is 16.8 Å². The molecule has 3 aromatic rings. The maximum absolute atomic E-state index is 12.9. The van der Waals surface area contributed by atoms with E-state index in [4.69, 9.17) is 4.74 Å². The highest BCUT2D eigenvalue weighted by molar-refractivity contribution is 6.24. The van der Waals surface area contributed by atoms with E-state index >= 15 is 0 Å². The van der Waals surface area contributed by atoms with Gasteiger partial charge in [-0.3, -0.25) is 9.78 Å². The summed E-state index contributed by atoms with van der Waals surface area (Å²) in [5, 5.41) is 3.00. The van der Waals surface area contributed by atoms with E-state index in [1.807, 2.05) is 78.9 Å². The first kappa shape index (κ1) is 18.4. The lowest BCUT2D eigenvalue weighted by atomic mass is 10.0. The predicted molar refractivity (Wildman–Crippen MR) is 108 cm³/mol. The Balaban J connectivity index is 1.79. The zero-order chi connectivity index (χ0) is 18.9. The van der Waals surface area contributed by atoms with Crippen LogP contribution in [0.4, 0.5) is 0 Å². The molecule has 4 nitrogen and oxygen atoms in total. The first-order chi connectivity index (χ1) is 13.3. The highest BCUT2D eigenvalue weighted by atomic mass is 16.5. The third-order valence-electron chi connectivity index (χ3n) is 4.13. The summed E-state index contributed by atoms with van der Waals surface area (Å²) < 4.78 is 5.28. The second-order valence-corrected chi connectivity index (χ2v) is 6.03. The van der Waals surface area contributed by atoms with E-state index in [0.717, 1.165) is 22.6 Å². The van der Waals surface area contributed by atoms with Crippen LogP contribution in [0, 0.1) is 0 Å². The molecule has 0 atom stereocenters. The predicted octanol–water partition coefficient (Wildman–Crippen LogP) is 3.99. The SMILES string of the molecule is COc1cccc(/C=C(/C(=O)NCCc2ccccn2)c2ccccc2)c1. The number of hydrogen-bond donors (Lipinski definition) is 1. The van der Waals surface area contributed by atoms with Gasteiger partial charge in [-0.25, -0.2) is 0 Å². The molecule has 0 radical (unpaired) electrons.